The standard InChI is InChI=1S/C16H18FNO2/c1-3-20-16-10-13(17)7-8-15(16)18-11(2)12-5-4-6-14(19)9-12/h4-11,18-19H,3H2,1-2H3. The lowest BCUT2D eigenvalue weighted by Gasteiger charge is -2.18. The zero-order valence-corrected chi connectivity index (χ0v) is 11.6. The summed E-state index contributed by atoms with van der Waals surface area (Å²) in [5.74, 6) is 0.379. The molecule has 0 saturated heterocycles. The molecule has 0 aromatic heterocycles. The number of benzene rings is 2. The third-order valence-electron chi connectivity index (χ3n) is 2.99. The number of phenols is 1. The summed E-state index contributed by atoms with van der Waals surface area (Å²) in [5.41, 5.74) is 1.67. The predicted molar refractivity (Wildman–Crippen MR) is 77.7 cm³/mol. The van der Waals surface area contributed by atoms with Gasteiger partial charge in [-0.15, -0.1) is 0 Å². The molecule has 0 amide bonds. The zero-order chi connectivity index (χ0) is 14.5. The maximum atomic E-state index is 13.2. The molecule has 2 N–H and O–H groups in total. The van der Waals surface area contributed by atoms with Gasteiger partial charge in [-0.2, -0.15) is 0 Å². The van der Waals surface area contributed by atoms with Crippen LogP contribution in [0.3, 0.4) is 0 Å². The zero-order valence-electron chi connectivity index (χ0n) is 11.6. The molecule has 106 valence electrons. The number of ether oxygens (including phenoxy) is 1. The van der Waals surface area contributed by atoms with Gasteiger partial charge in [0.25, 0.3) is 0 Å². The molecule has 1 unspecified atom stereocenters. The molecule has 0 aliphatic heterocycles. The molecule has 0 bridgehead atoms. The van der Waals surface area contributed by atoms with Gasteiger partial charge in [0.15, 0.2) is 0 Å². The van der Waals surface area contributed by atoms with Gasteiger partial charge in [-0.3, -0.25) is 0 Å². The molecule has 0 aliphatic rings. The van der Waals surface area contributed by atoms with Gasteiger partial charge >= 0.3 is 0 Å². The quantitative estimate of drug-likeness (QED) is 0.863. The number of aromatic hydroxyl groups is 1. The summed E-state index contributed by atoms with van der Waals surface area (Å²) in [6.45, 7) is 4.29. The molecule has 1 atom stereocenters. The average molecular weight is 275 g/mol. The van der Waals surface area contributed by atoms with E-state index in [1.807, 2.05) is 19.9 Å². The Labute approximate surface area is 118 Å². The Morgan fingerprint density at radius 1 is 1.25 bits per heavy atom. The highest BCUT2D eigenvalue weighted by molar-refractivity contribution is 5.57. The highest BCUT2D eigenvalue weighted by Crippen LogP contribution is 2.29. The second-order valence-electron chi connectivity index (χ2n) is 4.53. The lowest BCUT2D eigenvalue weighted by Crippen LogP contribution is -2.08. The van der Waals surface area contributed by atoms with Crippen LogP contribution in [0.25, 0.3) is 0 Å². The second kappa shape index (κ2) is 6.28. The molecule has 20 heavy (non-hydrogen) atoms. The van der Waals surface area contributed by atoms with E-state index in [9.17, 15) is 9.50 Å². The first kappa shape index (κ1) is 14.2. The van der Waals surface area contributed by atoms with E-state index in [0.29, 0.717) is 12.4 Å². The van der Waals surface area contributed by atoms with Crippen molar-refractivity contribution in [2.24, 2.45) is 0 Å². The smallest absolute Gasteiger partial charge is 0.145 e. The van der Waals surface area contributed by atoms with E-state index >= 15 is 0 Å². The van der Waals surface area contributed by atoms with Gasteiger partial charge in [-0.1, -0.05) is 12.1 Å². The fourth-order valence-electron chi connectivity index (χ4n) is 2.00. The molecule has 0 spiro atoms. The molecule has 4 heteroatoms. The average Bonchev–Trinajstić information content (AvgIpc) is 2.42. The van der Waals surface area contributed by atoms with E-state index in [4.69, 9.17) is 4.74 Å². The van der Waals surface area contributed by atoms with Gasteiger partial charge in [-0.05, 0) is 43.7 Å². The van der Waals surface area contributed by atoms with Crippen molar-refractivity contribution in [3.8, 4) is 11.5 Å². The van der Waals surface area contributed by atoms with Crippen LogP contribution in [0.2, 0.25) is 0 Å². The van der Waals surface area contributed by atoms with Crippen LogP contribution < -0.4 is 10.1 Å². The van der Waals surface area contributed by atoms with Crippen molar-refractivity contribution in [3.63, 3.8) is 0 Å². The molecule has 0 heterocycles. The number of anilines is 1. The number of hydrogen-bond acceptors (Lipinski definition) is 3. The minimum atomic E-state index is -0.330. The third-order valence-corrected chi connectivity index (χ3v) is 2.99. The lowest BCUT2D eigenvalue weighted by molar-refractivity contribution is 0.339. The van der Waals surface area contributed by atoms with Crippen LogP contribution in [-0.4, -0.2) is 11.7 Å². The summed E-state index contributed by atoms with van der Waals surface area (Å²) in [6, 6.07) is 11.4. The molecular formula is C16H18FNO2. The van der Waals surface area contributed by atoms with Gasteiger partial charge in [-0.25, -0.2) is 4.39 Å². The Balaban J connectivity index is 2.21. The first-order valence-corrected chi connectivity index (χ1v) is 6.58. The Morgan fingerprint density at radius 3 is 2.75 bits per heavy atom. The number of nitrogens with one attached hydrogen (secondary N) is 1. The molecule has 0 radical (unpaired) electrons. The summed E-state index contributed by atoms with van der Waals surface area (Å²) in [6.07, 6.45) is 0. The van der Waals surface area contributed by atoms with Crippen molar-refractivity contribution in [1.82, 2.24) is 0 Å². The van der Waals surface area contributed by atoms with Gasteiger partial charge in [0, 0.05) is 12.1 Å². The lowest BCUT2D eigenvalue weighted by atomic mass is 10.1. The van der Waals surface area contributed by atoms with Crippen molar-refractivity contribution < 1.29 is 14.2 Å². The summed E-state index contributed by atoms with van der Waals surface area (Å²) >= 11 is 0. The van der Waals surface area contributed by atoms with E-state index < -0.39 is 0 Å². The minimum Gasteiger partial charge on any atom is -0.508 e. The maximum Gasteiger partial charge on any atom is 0.145 e. The second-order valence-corrected chi connectivity index (χ2v) is 4.53. The number of halogens is 1. The molecule has 3 nitrogen and oxygen atoms in total. The van der Waals surface area contributed by atoms with Crippen molar-refractivity contribution in [2.45, 2.75) is 19.9 Å². The van der Waals surface area contributed by atoms with Gasteiger partial charge in [0.1, 0.15) is 17.3 Å². The molecule has 2 aromatic carbocycles. The number of phenolic OH excluding ortho intramolecular Hbond substituents is 1. The molecule has 2 aromatic rings. The topological polar surface area (TPSA) is 41.5 Å². The van der Waals surface area contributed by atoms with Crippen molar-refractivity contribution >= 4 is 5.69 Å². The van der Waals surface area contributed by atoms with Crippen LogP contribution in [0, 0.1) is 5.82 Å². The Morgan fingerprint density at radius 2 is 2.05 bits per heavy atom. The van der Waals surface area contributed by atoms with Crippen LogP contribution in [-0.2, 0) is 0 Å². The number of hydrogen-bond donors (Lipinski definition) is 2. The molecule has 0 fully saturated rings. The maximum absolute atomic E-state index is 13.2. The predicted octanol–water partition coefficient (Wildman–Crippen LogP) is 4.10. The van der Waals surface area contributed by atoms with Gasteiger partial charge in [0.2, 0.25) is 0 Å². The highest BCUT2D eigenvalue weighted by atomic mass is 19.1. The molecule has 0 aliphatic carbocycles. The van der Waals surface area contributed by atoms with Crippen LogP contribution >= 0.6 is 0 Å². The van der Waals surface area contributed by atoms with E-state index in [0.717, 1.165) is 11.3 Å². The fraction of sp³-hybridized carbons (Fsp3) is 0.250. The molecular weight excluding hydrogens is 257 g/mol. The van der Waals surface area contributed by atoms with Crippen molar-refractivity contribution in [1.29, 1.82) is 0 Å². The van der Waals surface area contributed by atoms with Crippen molar-refractivity contribution in [3.05, 3.63) is 53.8 Å². The fourth-order valence-corrected chi connectivity index (χ4v) is 2.00. The molecule has 2 rings (SSSR count). The van der Waals surface area contributed by atoms with Crippen LogP contribution in [0.15, 0.2) is 42.5 Å². The number of rotatable bonds is 5. The van der Waals surface area contributed by atoms with Gasteiger partial charge < -0.3 is 15.2 Å². The van der Waals surface area contributed by atoms with E-state index in [1.54, 1.807) is 24.3 Å². The summed E-state index contributed by atoms with van der Waals surface area (Å²) in [5, 5.41) is 12.8. The Kier molecular flexibility index (Phi) is 4.45. The Hall–Kier alpha value is -2.23. The summed E-state index contributed by atoms with van der Waals surface area (Å²) in [7, 11) is 0. The normalized spacial score (nSPS) is 11.9. The van der Waals surface area contributed by atoms with E-state index in [2.05, 4.69) is 5.32 Å². The van der Waals surface area contributed by atoms with E-state index in [1.165, 1.54) is 12.1 Å². The summed E-state index contributed by atoms with van der Waals surface area (Å²) in [4.78, 5) is 0. The largest absolute Gasteiger partial charge is 0.508 e. The molecule has 0 saturated carbocycles. The summed E-state index contributed by atoms with van der Waals surface area (Å²) < 4.78 is 18.7. The van der Waals surface area contributed by atoms with E-state index in [-0.39, 0.29) is 17.6 Å². The first-order valence-electron chi connectivity index (χ1n) is 6.58. The van der Waals surface area contributed by atoms with Crippen LogP contribution in [0.4, 0.5) is 10.1 Å². The van der Waals surface area contributed by atoms with Crippen LogP contribution in [0.5, 0.6) is 11.5 Å². The highest BCUT2D eigenvalue weighted by Gasteiger charge is 2.10. The first-order chi connectivity index (χ1) is 9.60. The minimum absolute atomic E-state index is 0.0354. The Bertz CT molecular complexity index is 586. The third kappa shape index (κ3) is 3.41. The van der Waals surface area contributed by atoms with Crippen LogP contribution in [0.1, 0.15) is 25.5 Å². The van der Waals surface area contributed by atoms with Crippen molar-refractivity contribution in [2.75, 3.05) is 11.9 Å². The monoisotopic (exact) mass is 275 g/mol. The SMILES string of the molecule is CCOc1cc(F)ccc1NC(C)c1cccc(O)c1. The van der Waals surface area contributed by atoms with Gasteiger partial charge in [0.05, 0.1) is 12.3 Å².